The molecule has 0 radical (unpaired) electrons. The highest BCUT2D eigenvalue weighted by Gasteiger charge is 2.54. The Bertz CT molecular complexity index is 3000. The highest BCUT2D eigenvalue weighted by molar-refractivity contribution is 7.24. The topological polar surface area (TPSA) is 9.86 Å². The lowest BCUT2D eigenvalue weighted by atomic mass is 9.99. The Hall–Kier alpha value is -6.42. The first-order valence-corrected chi connectivity index (χ1v) is 19.8. The van der Waals surface area contributed by atoms with Gasteiger partial charge in [0.05, 0.1) is 22.1 Å². The average Bonchev–Trinajstić information content (AvgIpc) is 3.90. The molecule has 0 bridgehead atoms. The van der Waals surface area contributed by atoms with E-state index in [2.05, 4.69) is 191 Å². The molecule has 2 aromatic heterocycles. The van der Waals surface area contributed by atoms with Gasteiger partial charge in [-0.2, -0.15) is 0 Å². The zero-order valence-electron chi connectivity index (χ0n) is 27.7. The van der Waals surface area contributed by atoms with Crippen LogP contribution in [0.4, 0.5) is 0 Å². The number of aromatic nitrogens is 2. The minimum atomic E-state index is -2.67. The van der Waals surface area contributed by atoms with Gasteiger partial charge in [0.1, 0.15) is 0 Å². The van der Waals surface area contributed by atoms with Gasteiger partial charge in [-0.25, -0.2) is 0 Å². The van der Waals surface area contributed by atoms with Crippen LogP contribution in [0.5, 0.6) is 0 Å². The van der Waals surface area contributed by atoms with E-state index in [1.165, 1.54) is 92.8 Å². The van der Waals surface area contributed by atoms with E-state index in [0.717, 1.165) is 0 Å². The maximum atomic E-state index is 2.52. The van der Waals surface area contributed by atoms with Crippen molar-refractivity contribution in [3.05, 3.63) is 182 Å². The number of rotatable bonds is 3. The summed E-state index contributed by atoms with van der Waals surface area (Å²) in [6.45, 7) is 0. The van der Waals surface area contributed by atoms with Crippen molar-refractivity contribution in [1.82, 2.24) is 9.13 Å². The molecular formula is C48H30N2Si. The number of fused-ring (bicyclic) bond motifs is 12. The molecule has 3 heteroatoms. The Kier molecular flexibility index (Phi) is 5.29. The van der Waals surface area contributed by atoms with E-state index in [4.69, 9.17) is 0 Å². The first kappa shape index (κ1) is 27.4. The summed E-state index contributed by atoms with van der Waals surface area (Å²) >= 11 is 0. The SMILES string of the molecule is c1cc(-n2c3ccccc3c3ccccc32)cc([Si]23c4ccccc4-c4cccc(c42)-c2cc(-n4c5ccccc5c5ccccc54)ccc23)c1. The molecule has 1 atom stereocenters. The zero-order chi connectivity index (χ0) is 33.3. The lowest BCUT2D eigenvalue weighted by Crippen LogP contribution is -2.70. The van der Waals surface area contributed by atoms with Crippen LogP contribution in [0.2, 0.25) is 0 Å². The van der Waals surface area contributed by atoms with Crippen LogP contribution in [-0.4, -0.2) is 17.2 Å². The van der Waals surface area contributed by atoms with E-state index in [-0.39, 0.29) is 0 Å². The smallest absolute Gasteiger partial charge is 0.182 e. The summed E-state index contributed by atoms with van der Waals surface area (Å²) in [6.07, 6.45) is 0. The molecule has 0 amide bonds. The fourth-order valence-electron chi connectivity index (χ4n) is 9.82. The van der Waals surface area contributed by atoms with Gasteiger partial charge in [0.15, 0.2) is 8.07 Å². The standard InChI is InChI=1S/C48H30N2Si/c1-6-22-42-34(15-1)35-16-2-7-23-43(35)49(42)31-13-11-14-33(29-31)51-46-26-10-5-19-38(46)39-20-12-21-40(48(39)51)41-30-32(27-28-47(41)51)50-44-24-8-3-17-36(44)37-18-4-9-25-45(37)50/h1-30H. The lowest BCUT2D eigenvalue weighted by Gasteiger charge is -2.29. The van der Waals surface area contributed by atoms with Gasteiger partial charge in [-0.3, -0.25) is 0 Å². The summed E-state index contributed by atoms with van der Waals surface area (Å²) in [5.41, 5.74) is 12.9. The highest BCUT2D eigenvalue weighted by Crippen LogP contribution is 2.41. The molecule has 1 unspecified atom stereocenters. The third kappa shape index (κ3) is 3.37. The summed E-state index contributed by atoms with van der Waals surface area (Å²) in [6, 6.07) is 68.4. The van der Waals surface area contributed by atoms with Crippen LogP contribution in [0.1, 0.15) is 0 Å². The van der Waals surface area contributed by atoms with Crippen LogP contribution in [0.25, 0.3) is 77.2 Å². The van der Waals surface area contributed by atoms with Crippen LogP contribution < -0.4 is 20.7 Å². The first-order valence-electron chi connectivity index (χ1n) is 17.8. The summed E-state index contributed by atoms with van der Waals surface area (Å²) in [4.78, 5) is 0. The number of benzene rings is 8. The van der Waals surface area contributed by atoms with E-state index in [1.54, 1.807) is 5.19 Å². The Balaban J connectivity index is 1.16. The number of hydrogen-bond donors (Lipinski definition) is 0. The Morgan fingerprint density at radius 2 is 0.765 bits per heavy atom. The lowest BCUT2D eigenvalue weighted by molar-refractivity contribution is 1.18. The van der Waals surface area contributed by atoms with Gasteiger partial charge in [0, 0.05) is 32.9 Å². The fourth-order valence-corrected chi connectivity index (χ4v) is 15.4. The molecule has 4 heterocycles. The number of hydrogen-bond acceptors (Lipinski definition) is 0. The predicted octanol–water partition coefficient (Wildman–Crippen LogP) is 9.22. The number of para-hydroxylation sites is 4. The van der Waals surface area contributed by atoms with Gasteiger partial charge in [0.2, 0.25) is 0 Å². The van der Waals surface area contributed by atoms with Crippen LogP contribution in [0.15, 0.2) is 182 Å². The van der Waals surface area contributed by atoms with E-state index in [1.807, 2.05) is 0 Å². The average molecular weight is 663 g/mol. The molecule has 0 N–H and O–H groups in total. The summed E-state index contributed by atoms with van der Waals surface area (Å²) in [5.74, 6) is 0. The van der Waals surface area contributed by atoms with Crippen molar-refractivity contribution < 1.29 is 0 Å². The highest BCUT2D eigenvalue weighted by atomic mass is 28.3. The minimum absolute atomic E-state index is 1.21. The van der Waals surface area contributed by atoms with Crippen LogP contribution in [-0.2, 0) is 0 Å². The fraction of sp³-hybridized carbons (Fsp3) is 0. The van der Waals surface area contributed by atoms with E-state index in [0.29, 0.717) is 0 Å². The maximum absolute atomic E-state index is 2.67. The van der Waals surface area contributed by atoms with Gasteiger partial charge in [-0.1, -0.05) is 133 Å². The summed E-state index contributed by atoms with van der Waals surface area (Å²) in [5, 5.41) is 11.1. The molecule has 10 aromatic rings. The van der Waals surface area contributed by atoms with Crippen LogP contribution >= 0.6 is 0 Å². The molecule has 12 rings (SSSR count). The first-order chi connectivity index (χ1) is 25.3. The molecule has 2 aliphatic heterocycles. The molecular weight excluding hydrogens is 633 g/mol. The van der Waals surface area contributed by atoms with Gasteiger partial charge >= 0.3 is 0 Å². The van der Waals surface area contributed by atoms with Gasteiger partial charge in [-0.05, 0) is 91.5 Å². The molecule has 51 heavy (non-hydrogen) atoms. The molecule has 0 aliphatic carbocycles. The van der Waals surface area contributed by atoms with Crippen molar-refractivity contribution in [1.29, 1.82) is 0 Å². The van der Waals surface area contributed by atoms with Crippen molar-refractivity contribution in [2.75, 3.05) is 0 Å². The zero-order valence-corrected chi connectivity index (χ0v) is 28.7. The Labute approximate surface area is 296 Å². The minimum Gasteiger partial charge on any atom is -0.309 e. The third-order valence-corrected chi connectivity index (χ3v) is 16.7. The normalized spacial score (nSPS) is 15.5. The predicted molar refractivity (Wildman–Crippen MR) is 217 cm³/mol. The Morgan fingerprint density at radius 3 is 1.37 bits per heavy atom. The summed E-state index contributed by atoms with van der Waals surface area (Å²) in [7, 11) is -2.67. The van der Waals surface area contributed by atoms with Crippen LogP contribution in [0.3, 0.4) is 0 Å². The van der Waals surface area contributed by atoms with E-state index in [9.17, 15) is 0 Å². The van der Waals surface area contributed by atoms with Crippen molar-refractivity contribution >= 4 is 72.4 Å². The molecule has 0 fully saturated rings. The van der Waals surface area contributed by atoms with Gasteiger partial charge in [-0.15, -0.1) is 0 Å². The molecule has 236 valence electrons. The third-order valence-electron chi connectivity index (χ3n) is 11.7. The van der Waals surface area contributed by atoms with Crippen LogP contribution in [0, 0.1) is 0 Å². The second-order valence-electron chi connectivity index (χ2n) is 14.0. The molecule has 0 saturated heterocycles. The Morgan fingerprint density at radius 1 is 0.314 bits per heavy atom. The summed E-state index contributed by atoms with van der Waals surface area (Å²) < 4.78 is 4.92. The quantitative estimate of drug-likeness (QED) is 0.167. The monoisotopic (exact) mass is 662 g/mol. The molecule has 2 aliphatic rings. The number of nitrogens with zero attached hydrogens (tertiary/aromatic N) is 2. The molecule has 0 saturated carbocycles. The maximum Gasteiger partial charge on any atom is 0.182 e. The molecule has 2 nitrogen and oxygen atoms in total. The van der Waals surface area contributed by atoms with Crippen molar-refractivity contribution in [2.24, 2.45) is 0 Å². The second kappa shape index (κ2) is 9.84. The largest absolute Gasteiger partial charge is 0.309 e. The molecule has 8 aromatic carbocycles. The van der Waals surface area contributed by atoms with Crippen molar-refractivity contribution in [2.45, 2.75) is 0 Å². The van der Waals surface area contributed by atoms with E-state index >= 15 is 0 Å². The molecule has 0 spiro atoms. The van der Waals surface area contributed by atoms with Crippen molar-refractivity contribution in [3.63, 3.8) is 0 Å². The van der Waals surface area contributed by atoms with Crippen molar-refractivity contribution in [3.8, 4) is 33.6 Å². The second-order valence-corrected chi connectivity index (χ2v) is 17.7. The van der Waals surface area contributed by atoms with Gasteiger partial charge in [0.25, 0.3) is 0 Å². The van der Waals surface area contributed by atoms with Gasteiger partial charge < -0.3 is 9.13 Å². The van der Waals surface area contributed by atoms with E-state index < -0.39 is 8.07 Å².